The molecule has 2 aliphatic rings. The minimum Gasteiger partial charge on any atom is -0.460 e. The highest BCUT2D eigenvalue weighted by molar-refractivity contribution is 5.85. The molecule has 0 amide bonds. The van der Waals surface area contributed by atoms with Gasteiger partial charge in [-0.15, -0.1) is 0 Å². The summed E-state index contributed by atoms with van der Waals surface area (Å²) >= 11 is 0. The molecule has 7 heteroatoms. The van der Waals surface area contributed by atoms with Crippen LogP contribution in [-0.4, -0.2) is 66.5 Å². The van der Waals surface area contributed by atoms with Gasteiger partial charge in [-0.3, -0.25) is 4.79 Å². The predicted octanol–water partition coefficient (Wildman–Crippen LogP) is 5.71. The smallest absolute Gasteiger partial charge is 0.347 e. The summed E-state index contributed by atoms with van der Waals surface area (Å²) in [6.45, 7) is 9.54. The van der Waals surface area contributed by atoms with E-state index >= 15 is 0 Å². The Kier molecular flexibility index (Phi) is 10.7. The molecule has 45 heavy (non-hydrogen) atoms. The quantitative estimate of drug-likeness (QED) is 0.195. The topological polar surface area (TPSA) is 85.3 Å². The van der Waals surface area contributed by atoms with E-state index < -0.39 is 17.2 Å². The summed E-state index contributed by atoms with van der Waals surface area (Å²) in [5.41, 5.74) is 1.26. The van der Waals surface area contributed by atoms with Gasteiger partial charge in [0.25, 0.3) is 0 Å². The summed E-state index contributed by atoms with van der Waals surface area (Å²) in [5, 5.41) is 11.7. The van der Waals surface area contributed by atoms with Gasteiger partial charge in [0.1, 0.15) is 11.7 Å². The van der Waals surface area contributed by atoms with Crippen molar-refractivity contribution in [1.29, 1.82) is 0 Å². The van der Waals surface area contributed by atoms with Crippen molar-refractivity contribution >= 4 is 11.9 Å². The van der Waals surface area contributed by atoms with Gasteiger partial charge in [0, 0.05) is 19.6 Å². The predicted molar refractivity (Wildman–Crippen MR) is 174 cm³/mol. The third-order valence-electron chi connectivity index (χ3n) is 8.85. The van der Waals surface area contributed by atoms with E-state index in [1.54, 1.807) is 24.3 Å². The Balaban J connectivity index is 1.05. The first-order valence-corrected chi connectivity index (χ1v) is 16.2. The number of hydrogen-bond acceptors (Lipinski definition) is 7. The van der Waals surface area contributed by atoms with Crippen LogP contribution in [0.15, 0.2) is 84.9 Å². The van der Waals surface area contributed by atoms with Crippen molar-refractivity contribution in [3.8, 4) is 0 Å². The average Bonchev–Trinajstić information content (AvgIpc) is 3.58. The third kappa shape index (κ3) is 8.81. The molecule has 1 saturated carbocycles. The molecule has 1 aliphatic carbocycles. The Morgan fingerprint density at radius 1 is 0.800 bits per heavy atom. The van der Waals surface area contributed by atoms with E-state index in [9.17, 15) is 14.7 Å². The fraction of sp³-hybridized carbons (Fsp3) is 0.474. The number of fused-ring (bicyclic) bond motifs is 1. The fourth-order valence-electron chi connectivity index (χ4n) is 6.69. The number of nitrogens with zero attached hydrogens (tertiary/aromatic N) is 1. The van der Waals surface area contributed by atoms with Crippen LogP contribution in [0.1, 0.15) is 62.3 Å². The lowest BCUT2D eigenvalue weighted by atomic mass is 9.86. The maximum atomic E-state index is 13.6. The van der Waals surface area contributed by atoms with Crippen LogP contribution in [0, 0.1) is 11.8 Å². The molecule has 1 saturated heterocycles. The molecule has 0 bridgehead atoms. The van der Waals surface area contributed by atoms with Crippen LogP contribution in [0.25, 0.3) is 0 Å². The summed E-state index contributed by atoms with van der Waals surface area (Å²) < 4.78 is 17.0. The summed E-state index contributed by atoms with van der Waals surface area (Å²) in [6, 6.07) is 26.8. The molecule has 1 heterocycles. The van der Waals surface area contributed by atoms with Crippen LogP contribution in [-0.2, 0) is 42.2 Å². The van der Waals surface area contributed by atoms with Gasteiger partial charge in [-0.2, -0.15) is 0 Å². The zero-order chi connectivity index (χ0) is 31.9. The number of rotatable bonds is 13. The highest BCUT2D eigenvalue weighted by atomic mass is 16.6. The minimum absolute atomic E-state index is 0.184. The fourth-order valence-corrected chi connectivity index (χ4v) is 6.69. The molecular weight excluding hydrogens is 566 g/mol. The van der Waals surface area contributed by atoms with Crippen LogP contribution >= 0.6 is 0 Å². The zero-order valence-electron chi connectivity index (χ0n) is 26.8. The summed E-state index contributed by atoms with van der Waals surface area (Å²) in [7, 11) is 0. The number of carbonyl (C=O) groups excluding carboxylic acids is 2. The molecule has 3 aromatic carbocycles. The maximum Gasteiger partial charge on any atom is 0.347 e. The Labute approximate surface area is 267 Å². The highest BCUT2D eigenvalue weighted by Crippen LogP contribution is 2.41. The van der Waals surface area contributed by atoms with Crippen molar-refractivity contribution in [3.05, 3.63) is 107 Å². The number of hydrogen-bond donors (Lipinski definition) is 1. The molecule has 0 radical (unpaired) electrons. The number of carbonyl (C=O) groups is 2. The lowest BCUT2D eigenvalue weighted by Crippen LogP contribution is -2.40. The van der Waals surface area contributed by atoms with Gasteiger partial charge in [-0.1, -0.05) is 84.9 Å². The molecule has 5 rings (SSSR count). The second-order valence-electron chi connectivity index (χ2n) is 13.5. The highest BCUT2D eigenvalue weighted by Gasteiger charge is 2.46. The number of benzene rings is 3. The molecule has 0 unspecified atom stereocenters. The number of ether oxygens (including phenoxy) is 3. The van der Waals surface area contributed by atoms with Crippen molar-refractivity contribution in [3.63, 3.8) is 0 Å². The van der Waals surface area contributed by atoms with Crippen LogP contribution in [0.2, 0.25) is 0 Å². The first kappa shape index (κ1) is 32.9. The first-order chi connectivity index (χ1) is 21.6. The second-order valence-corrected chi connectivity index (χ2v) is 13.5. The number of likely N-dealkylation sites (tertiary alicyclic amines) is 1. The number of esters is 2. The molecule has 240 valence electrons. The standard InChI is InChI=1S/C38H47NO6/c1-37(2,3)45-35(40)19-22-43-21-18-29-12-10-11-28(23-29)17-20-39-26-30-24-34(25-31(30)27-39)44-36(41)38(42,32-13-6-4-7-14-32)33-15-8-5-9-16-33/h4-16,23,30-31,34,42H,17-22,24-27H2,1-3H3/t30-,31+,34+. The van der Waals surface area contributed by atoms with E-state index in [-0.39, 0.29) is 18.5 Å². The average molecular weight is 614 g/mol. The van der Waals surface area contributed by atoms with E-state index in [1.807, 2.05) is 57.2 Å². The van der Waals surface area contributed by atoms with Crippen molar-refractivity contribution in [2.24, 2.45) is 11.8 Å². The van der Waals surface area contributed by atoms with Crippen molar-refractivity contribution in [2.75, 3.05) is 32.8 Å². The van der Waals surface area contributed by atoms with Gasteiger partial charge >= 0.3 is 11.9 Å². The molecular formula is C38H47NO6. The summed E-state index contributed by atoms with van der Waals surface area (Å²) in [4.78, 5) is 27.9. The monoisotopic (exact) mass is 613 g/mol. The lowest BCUT2D eigenvalue weighted by molar-refractivity contribution is -0.168. The second kappa shape index (κ2) is 14.7. The molecule has 7 nitrogen and oxygen atoms in total. The van der Waals surface area contributed by atoms with Gasteiger partial charge in [0.15, 0.2) is 0 Å². The normalized spacial score (nSPS) is 20.1. The van der Waals surface area contributed by atoms with Crippen LogP contribution < -0.4 is 0 Å². The van der Waals surface area contributed by atoms with E-state index in [2.05, 4.69) is 29.2 Å². The van der Waals surface area contributed by atoms with Crippen LogP contribution in [0.3, 0.4) is 0 Å². The van der Waals surface area contributed by atoms with E-state index in [4.69, 9.17) is 14.2 Å². The molecule has 2 fully saturated rings. The van der Waals surface area contributed by atoms with E-state index in [1.165, 1.54) is 11.1 Å². The largest absolute Gasteiger partial charge is 0.460 e. The maximum absolute atomic E-state index is 13.6. The minimum atomic E-state index is -1.84. The summed E-state index contributed by atoms with van der Waals surface area (Å²) in [6.07, 6.45) is 3.52. The third-order valence-corrected chi connectivity index (χ3v) is 8.85. The summed E-state index contributed by atoms with van der Waals surface area (Å²) in [5.74, 6) is 0.155. The molecule has 0 aromatic heterocycles. The van der Waals surface area contributed by atoms with Gasteiger partial charge in [0.2, 0.25) is 5.60 Å². The first-order valence-electron chi connectivity index (χ1n) is 16.2. The van der Waals surface area contributed by atoms with Crippen molar-refractivity contribution < 1.29 is 28.9 Å². The Bertz CT molecular complexity index is 1350. The van der Waals surface area contributed by atoms with Gasteiger partial charge in [0.05, 0.1) is 19.6 Å². The van der Waals surface area contributed by atoms with Crippen molar-refractivity contribution in [1.82, 2.24) is 4.90 Å². The Hall–Kier alpha value is -3.52. The molecule has 0 spiro atoms. The van der Waals surface area contributed by atoms with E-state index in [0.29, 0.717) is 36.2 Å². The van der Waals surface area contributed by atoms with Crippen LogP contribution in [0.5, 0.6) is 0 Å². The molecule has 1 aliphatic heterocycles. The van der Waals surface area contributed by atoms with Gasteiger partial charge in [-0.25, -0.2) is 4.79 Å². The van der Waals surface area contributed by atoms with E-state index in [0.717, 1.165) is 45.3 Å². The van der Waals surface area contributed by atoms with Crippen molar-refractivity contribution in [2.45, 2.75) is 70.2 Å². The Morgan fingerprint density at radius 3 is 1.96 bits per heavy atom. The van der Waals surface area contributed by atoms with Crippen LogP contribution in [0.4, 0.5) is 0 Å². The molecule has 1 N–H and O–H groups in total. The Morgan fingerprint density at radius 2 is 1.38 bits per heavy atom. The number of aliphatic hydroxyl groups is 1. The lowest BCUT2D eigenvalue weighted by Gasteiger charge is -2.29. The molecule has 3 aromatic rings. The van der Waals surface area contributed by atoms with Gasteiger partial charge < -0.3 is 24.2 Å². The van der Waals surface area contributed by atoms with Gasteiger partial charge in [-0.05, 0) is 80.5 Å². The zero-order valence-corrected chi connectivity index (χ0v) is 26.8. The molecule has 3 atom stereocenters. The SMILES string of the molecule is CC(C)(C)OC(=O)CCOCCc1cccc(CCN2C[C@H]3C[C@H](OC(=O)C(O)(c4ccccc4)c4ccccc4)C[C@H]3C2)c1.